The van der Waals surface area contributed by atoms with Gasteiger partial charge < -0.3 is 15.4 Å². The van der Waals surface area contributed by atoms with Gasteiger partial charge in [0.15, 0.2) is 0 Å². The van der Waals surface area contributed by atoms with E-state index in [0.29, 0.717) is 11.4 Å². The Morgan fingerprint density at radius 2 is 1.87 bits per heavy atom. The van der Waals surface area contributed by atoms with Crippen LogP contribution < -0.4 is 15.5 Å². The molecule has 2 aromatic carbocycles. The second-order valence-corrected chi connectivity index (χ2v) is 6.62. The molecule has 1 aliphatic heterocycles. The number of amides is 2. The Labute approximate surface area is 175 Å². The number of fused-ring (bicyclic) bond motifs is 1. The molecular formula is C21H18F3N3O4. The number of methoxy groups -OCH3 is 1. The van der Waals surface area contributed by atoms with Crippen LogP contribution in [0.15, 0.2) is 60.3 Å². The molecule has 0 aliphatic carbocycles. The fraction of sp³-hybridized carbons (Fsp3) is 0.190. The van der Waals surface area contributed by atoms with Gasteiger partial charge in [0.25, 0.3) is 5.91 Å². The third kappa shape index (κ3) is 5.41. The van der Waals surface area contributed by atoms with Crippen molar-refractivity contribution in [2.24, 2.45) is 0 Å². The number of benzene rings is 2. The van der Waals surface area contributed by atoms with Crippen molar-refractivity contribution in [1.82, 2.24) is 0 Å². The normalized spacial score (nSPS) is 13.5. The number of alkyl halides is 3. The van der Waals surface area contributed by atoms with Crippen molar-refractivity contribution in [2.45, 2.75) is 12.6 Å². The Balaban J connectivity index is 1.82. The summed E-state index contributed by atoms with van der Waals surface area (Å²) in [4.78, 5) is 38.0. The molecule has 0 atom stereocenters. The van der Waals surface area contributed by atoms with Crippen LogP contribution in [0.2, 0.25) is 0 Å². The largest absolute Gasteiger partial charge is 0.469 e. The highest BCUT2D eigenvalue weighted by Crippen LogP contribution is 2.32. The van der Waals surface area contributed by atoms with E-state index in [2.05, 4.69) is 15.4 Å². The molecule has 1 aliphatic rings. The van der Waals surface area contributed by atoms with E-state index in [1.165, 1.54) is 25.3 Å². The van der Waals surface area contributed by atoms with E-state index in [4.69, 9.17) is 0 Å². The van der Waals surface area contributed by atoms with Gasteiger partial charge in [0.2, 0.25) is 5.91 Å². The fourth-order valence-electron chi connectivity index (χ4n) is 2.97. The molecule has 0 aromatic heterocycles. The Morgan fingerprint density at radius 3 is 2.58 bits per heavy atom. The minimum Gasteiger partial charge on any atom is -0.469 e. The molecule has 0 saturated carbocycles. The lowest BCUT2D eigenvalue weighted by Gasteiger charge is -2.22. The van der Waals surface area contributed by atoms with Crippen molar-refractivity contribution in [3.8, 4) is 0 Å². The average Bonchev–Trinajstić information content (AvgIpc) is 2.83. The summed E-state index contributed by atoms with van der Waals surface area (Å²) >= 11 is 0. The maximum atomic E-state index is 12.9. The molecule has 2 amide bonds. The van der Waals surface area contributed by atoms with Gasteiger partial charge in [0, 0.05) is 17.5 Å². The van der Waals surface area contributed by atoms with Crippen LogP contribution >= 0.6 is 0 Å². The number of ether oxygens (including phenoxy) is 1. The summed E-state index contributed by atoms with van der Waals surface area (Å²) < 4.78 is 43.3. The molecule has 31 heavy (non-hydrogen) atoms. The van der Waals surface area contributed by atoms with Crippen molar-refractivity contribution >= 4 is 34.8 Å². The van der Waals surface area contributed by atoms with E-state index in [-0.39, 0.29) is 17.8 Å². The molecule has 2 aromatic rings. The highest BCUT2D eigenvalue weighted by molar-refractivity contribution is 6.10. The van der Waals surface area contributed by atoms with E-state index < -0.39 is 36.1 Å². The second kappa shape index (κ2) is 8.90. The van der Waals surface area contributed by atoms with Gasteiger partial charge in [-0.15, -0.1) is 0 Å². The first-order chi connectivity index (χ1) is 14.7. The minimum atomic E-state index is -4.55. The third-order valence-corrected chi connectivity index (χ3v) is 4.39. The van der Waals surface area contributed by atoms with Crippen LogP contribution in [-0.2, 0) is 25.3 Å². The number of nitrogens with one attached hydrogen (secondary N) is 2. The number of rotatable bonds is 5. The number of hydrogen-bond acceptors (Lipinski definition) is 5. The van der Waals surface area contributed by atoms with Gasteiger partial charge in [-0.25, -0.2) is 0 Å². The summed E-state index contributed by atoms with van der Waals surface area (Å²) in [6.45, 7) is -0.449. The first kappa shape index (κ1) is 21.9. The lowest BCUT2D eigenvalue weighted by Crippen LogP contribution is -2.37. The highest BCUT2D eigenvalue weighted by atomic mass is 19.4. The lowest BCUT2D eigenvalue weighted by atomic mass is 10.2. The quantitative estimate of drug-likeness (QED) is 0.705. The van der Waals surface area contributed by atoms with Gasteiger partial charge in [-0.2, -0.15) is 13.2 Å². The van der Waals surface area contributed by atoms with Gasteiger partial charge in [-0.3, -0.25) is 19.3 Å². The molecule has 0 radical (unpaired) electrons. The highest BCUT2D eigenvalue weighted by Gasteiger charge is 2.31. The topological polar surface area (TPSA) is 87.7 Å². The zero-order valence-corrected chi connectivity index (χ0v) is 16.3. The van der Waals surface area contributed by atoms with Gasteiger partial charge >= 0.3 is 12.1 Å². The summed E-state index contributed by atoms with van der Waals surface area (Å²) in [5.41, 5.74) is 0.194. The summed E-state index contributed by atoms with van der Waals surface area (Å²) in [5, 5.41) is 5.35. The molecule has 2 N–H and O–H groups in total. The number of hydrogen-bond donors (Lipinski definition) is 2. The van der Waals surface area contributed by atoms with Crippen molar-refractivity contribution in [2.75, 3.05) is 29.2 Å². The summed E-state index contributed by atoms with van der Waals surface area (Å²) in [7, 11) is 1.22. The average molecular weight is 433 g/mol. The van der Waals surface area contributed by atoms with Crippen LogP contribution in [0.1, 0.15) is 12.0 Å². The molecule has 1 heterocycles. The standard InChI is InChI=1S/C21H18F3N3O4/c1-31-20(30)11-15-10-19(29)27(17-8-3-2-7-16(17)25-15)12-18(28)26-14-6-4-5-13(9-14)21(22,23)24/h2-10,25H,11-12H2,1H3,(H,26,28). The number of anilines is 3. The number of para-hydroxylation sites is 2. The van der Waals surface area contributed by atoms with Crippen LogP contribution in [0.3, 0.4) is 0 Å². The Kier molecular flexibility index (Phi) is 6.28. The predicted octanol–water partition coefficient (Wildman–Crippen LogP) is 3.55. The second-order valence-electron chi connectivity index (χ2n) is 6.62. The van der Waals surface area contributed by atoms with Gasteiger partial charge in [0.05, 0.1) is 30.5 Å². The van der Waals surface area contributed by atoms with Gasteiger partial charge in [-0.05, 0) is 30.3 Å². The van der Waals surface area contributed by atoms with Gasteiger partial charge in [0.1, 0.15) is 6.54 Å². The molecule has 7 nitrogen and oxygen atoms in total. The predicted molar refractivity (Wildman–Crippen MR) is 107 cm³/mol. The minimum absolute atomic E-state index is 0.0459. The summed E-state index contributed by atoms with van der Waals surface area (Å²) in [5.74, 6) is -1.82. The molecule has 0 unspecified atom stereocenters. The van der Waals surface area contributed by atoms with Crippen LogP contribution in [-0.4, -0.2) is 31.4 Å². The summed E-state index contributed by atoms with van der Waals surface area (Å²) in [6.07, 6.45) is -3.55. The molecule has 0 saturated heterocycles. The monoisotopic (exact) mass is 433 g/mol. The molecule has 0 spiro atoms. The molecule has 162 valence electrons. The molecule has 10 heteroatoms. The zero-order valence-electron chi connectivity index (χ0n) is 16.3. The van der Waals surface area contributed by atoms with E-state index in [1.54, 1.807) is 24.3 Å². The maximum absolute atomic E-state index is 12.9. The molecular weight excluding hydrogens is 415 g/mol. The number of nitrogens with zero attached hydrogens (tertiary/aromatic N) is 1. The number of esters is 1. The van der Waals surface area contributed by atoms with E-state index >= 15 is 0 Å². The number of halogens is 3. The first-order valence-electron chi connectivity index (χ1n) is 9.09. The van der Waals surface area contributed by atoms with Crippen LogP contribution in [0.4, 0.5) is 30.2 Å². The third-order valence-electron chi connectivity index (χ3n) is 4.39. The van der Waals surface area contributed by atoms with E-state index in [9.17, 15) is 27.6 Å². The summed E-state index contributed by atoms with van der Waals surface area (Å²) in [6, 6.07) is 10.8. The van der Waals surface area contributed by atoms with Crippen molar-refractivity contribution in [3.05, 3.63) is 65.9 Å². The fourth-order valence-corrected chi connectivity index (χ4v) is 2.97. The Bertz CT molecular complexity index is 1050. The maximum Gasteiger partial charge on any atom is 0.416 e. The van der Waals surface area contributed by atoms with Crippen molar-refractivity contribution < 1.29 is 32.3 Å². The van der Waals surface area contributed by atoms with E-state index in [1.807, 2.05) is 0 Å². The van der Waals surface area contributed by atoms with Crippen LogP contribution in [0.5, 0.6) is 0 Å². The lowest BCUT2D eigenvalue weighted by molar-refractivity contribution is -0.140. The van der Waals surface area contributed by atoms with E-state index in [0.717, 1.165) is 17.0 Å². The molecule has 0 fully saturated rings. The van der Waals surface area contributed by atoms with Crippen molar-refractivity contribution in [1.29, 1.82) is 0 Å². The van der Waals surface area contributed by atoms with Crippen LogP contribution in [0.25, 0.3) is 0 Å². The first-order valence-corrected chi connectivity index (χ1v) is 9.09. The Morgan fingerprint density at radius 1 is 1.13 bits per heavy atom. The number of carbonyl (C=O) groups excluding carboxylic acids is 3. The Hall–Kier alpha value is -3.82. The molecule has 0 bridgehead atoms. The number of carbonyl (C=O) groups is 3. The van der Waals surface area contributed by atoms with Crippen LogP contribution in [0, 0.1) is 0 Å². The SMILES string of the molecule is COC(=O)CC1=CC(=O)N(CC(=O)Nc2cccc(C(F)(F)F)c2)c2ccccc2N1. The smallest absolute Gasteiger partial charge is 0.416 e. The van der Waals surface area contributed by atoms with Gasteiger partial charge in [-0.1, -0.05) is 18.2 Å². The van der Waals surface area contributed by atoms with Crippen molar-refractivity contribution in [3.63, 3.8) is 0 Å². The molecule has 3 rings (SSSR count). The zero-order chi connectivity index (χ0) is 22.6.